The van der Waals surface area contributed by atoms with E-state index in [1.807, 2.05) is 0 Å². The number of anilines is 1. The van der Waals surface area contributed by atoms with E-state index in [1.165, 1.54) is 25.2 Å². The third kappa shape index (κ3) is 2.80. The van der Waals surface area contributed by atoms with Crippen LogP contribution in [0.1, 0.15) is 24.4 Å². The summed E-state index contributed by atoms with van der Waals surface area (Å²) in [7, 11) is -3.47. The molecule has 0 spiro atoms. The van der Waals surface area contributed by atoms with Crippen LogP contribution >= 0.6 is 11.3 Å². The van der Waals surface area contributed by atoms with Gasteiger partial charge in [-0.15, -0.1) is 11.3 Å². The van der Waals surface area contributed by atoms with E-state index in [2.05, 4.69) is 15.6 Å². The predicted molar refractivity (Wildman–Crippen MR) is 75.1 cm³/mol. The van der Waals surface area contributed by atoms with Crippen LogP contribution in [0.4, 0.5) is 5.13 Å². The Morgan fingerprint density at radius 1 is 1.47 bits per heavy atom. The molecule has 6 nitrogen and oxygen atoms in total. The molecule has 0 aliphatic carbocycles. The first-order valence-corrected chi connectivity index (χ1v) is 8.63. The van der Waals surface area contributed by atoms with Crippen LogP contribution in [0.5, 0.6) is 0 Å². The van der Waals surface area contributed by atoms with Crippen molar-refractivity contribution in [2.75, 3.05) is 18.1 Å². The van der Waals surface area contributed by atoms with Gasteiger partial charge in [0.1, 0.15) is 4.75 Å². The molecule has 1 aliphatic heterocycles. The highest BCUT2D eigenvalue weighted by Gasteiger charge is 2.39. The topological polar surface area (TPSA) is 88.2 Å². The number of aromatic nitrogens is 1. The Labute approximate surface area is 116 Å². The molecule has 106 valence electrons. The molecule has 2 N–H and O–H groups in total. The zero-order valence-electron chi connectivity index (χ0n) is 11.1. The van der Waals surface area contributed by atoms with Crippen molar-refractivity contribution in [2.24, 2.45) is 0 Å². The van der Waals surface area contributed by atoms with E-state index in [0.29, 0.717) is 5.13 Å². The van der Waals surface area contributed by atoms with E-state index in [4.69, 9.17) is 0 Å². The zero-order chi connectivity index (χ0) is 14.3. The summed E-state index contributed by atoms with van der Waals surface area (Å²) in [5, 5.41) is 6.30. The van der Waals surface area contributed by atoms with Crippen LogP contribution < -0.4 is 10.6 Å². The van der Waals surface area contributed by atoms with E-state index in [1.54, 1.807) is 0 Å². The second kappa shape index (κ2) is 4.84. The maximum Gasteiger partial charge on any atom is 0.247 e. The predicted octanol–water partition coefficient (Wildman–Crippen LogP) is 0.551. The highest BCUT2D eigenvalue weighted by Crippen LogP contribution is 2.27. The minimum absolute atomic E-state index is 0.468. The molecular formula is C11H17N3O3S2. The quantitative estimate of drug-likeness (QED) is 0.851. The normalized spacial score (nSPS) is 15.9. The Morgan fingerprint density at radius 3 is 2.74 bits per heavy atom. The summed E-state index contributed by atoms with van der Waals surface area (Å²) >= 11 is 1.39. The fraction of sp³-hybridized carbons (Fsp3) is 0.636. The largest absolute Gasteiger partial charge is 0.311 e. The summed E-state index contributed by atoms with van der Waals surface area (Å²) in [5.41, 5.74) is 0.983. The van der Waals surface area contributed by atoms with Gasteiger partial charge >= 0.3 is 0 Å². The first-order valence-electron chi connectivity index (χ1n) is 5.92. The van der Waals surface area contributed by atoms with Crippen molar-refractivity contribution in [2.45, 2.75) is 31.6 Å². The number of carbonyl (C=O) groups excluding carboxylic acids is 1. The van der Waals surface area contributed by atoms with Gasteiger partial charge < -0.3 is 10.6 Å². The van der Waals surface area contributed by atoms with E-state index in [9.17, 15) is 13.2 Å². The first kappa shape index (κ1) is 14.4. The maximum atomic E-state index is 12.1. The molecule has 0 bridgehead atoms. The summed E-state index contributed by atoms with van der Waals surface area (Å²) in [4.78, 5) is 17.5. The lowest BCUT2D eigenvalue weighted by molar-refractivity contribution is -0.117. The maximum absolute atomic E-state index is 12.1. The fourth-order valence-corrected chi connectivity index (χ4v) is 2.96. The van der Waals surface area contributed by atoms with E-state index < -0.39 is 20.5 Å². The Morgan fingerprint density at radius 2 is 2.16 bits per heavy atom. The summed E-state index contributed by atoms with van der Waals surface area (Å²) in [6.07, 6.45) is 1.89. The fourth-order valence-electron chi connectivity index (χ4n) is 1.59. The van der Waals surface area contributed by atoms with E-state index >= 15 is 0 Å². The molecule has 1 aromatic heterocycles. The number of fused-ring (bicyclic) bond motifs is 1. The molecule has 1 aliphatic rings. The van der Waals surface area contributed by atoms with Crippen LogP contribution in [0.2, 0.25) is 0 Å². The van der Waals surface area contributed by atoms with Crippen molar-refractivity contribution < 1.29 is 13.2 Å². The smallest absolute Gasteiger partial charge is 0.247 e. The molecule has 1 amide bonds. The molecule has 2 heterocycles. The van der Waals surface area contributed by atoms with Crippen LogP contribution in [-0.4, -0.2) is 36.9 Å². The molecule has 8 heteroatoms. The Kier molecular flexibility index (Phi) is 3.67. The number of carbonyl (C=O) groups is 1. The Balaban J connectivity index is 2.18. The van der Waals surface area contributed by atoms with Gasteiger partial charge in [-0.3, -0.25) is 4.79 Å². The molecule has 0 aromatic carbocycles. The molecule has 0 atom stereocenters. The molecule has 0 saturated carbocycles. The van der Waals surface area contributed by atoms with Gasteiger partial charge in [0, 0.05) is 30.6 Å². The van der Waals surface area contributed by atoms with Crippen molar-refractivity contribution in [3.8, 4) is 0 Å². The van der Waals surface area contributed by atoms with Crippen molar-refractivity contribution in [1.82, 2.24) is 10.3 Å². The molecule has 0 unspecified atom stereocenters. The van der Waals surface area contributed by atoms with Crippen molar-refractivity contribution >= 4 is 32.2 Å². The average molecular weight is 303 g/mol. The highest BCUT2D eigenvalue weighted by molar-refractivity contribution is 7.92. The molecular weight excluding hydrogens is 286 g/mol. The summed E-state index contributed by atoms with van der Waals surface area (Å²) < 4.78 is 21.7. The number of nitrogens with zero attached hydrogens (tertiary/aromatic N) is 1. The number of hydrogen-bond acceptors (Lipinski definition) is 6. The van der Waals surface area contributed by atoms with E-state index in [0.717, 1.165) is 36.3 Å². The van der Waals surface area contributed by atoms with Crippen molar-refractivity contribution in [3.05, 3.63) is 10.6 Å². The second-order valence-electron chi connectivity index (χ2n) is 5.05. The molecule has 19 heavy (non-hydrogen) atoms. The minimum atomic E-state index is -3.47. The number of amides is 1. The van der Waals surface area contributed by atoms with Crippen molar-refractivity contribution in [3.63, 3.8) is 0 Å². The van der Waals surface area contributed by atoms with Crippen molar-refractivity contribution in [1.29, 1.82) is 0 Å². The number of sulfone groups is 1. The van der Waals surface area contributed by atoms with Gasteiger partial charge in [-0.25, -0.2) is 13.4 Å². The lowest BCUT2D eigenvalue weighted by atomic mass is 10.2. The van der Waals surface area contributed by atoms with Gasteiger partial charge in [-0.1, -0.05) is 0 Å². The van der Waals surface area contributed by atoms with Gasteiger partial charge in [0.15, 0.2) is 15.0 Å². The Bertz CT molecular complexity index is 581. The summed E-state index contributed by atoms with van der Waals surface area (Å²) in [6.45, 7) is 4.41. The van der Waals surface area contributed by atoms with Gasteiger partial charge in [-0.05, 0) is 13.8 Å². The van der Waals surface area contributed by atoms with Crippen LogP contribution in [-0.2, 0) is 27.6 Å². The SMILES string of the molecule is CC(C)(C(=O)Nc1nc2c(s1)CNCC2)S(C)(=O)=O. The monoisotopic (exact) mass is 303 g/mol. The van der Waals surface area contributed by atoms with Crippen LogP contribution in [0, 0.1) is 0 Å². The molecule has 0 saturated heterocycles. The lowest BCUT2D eigenvalue weighted by Gasteiger charge is -2.20. The third-order valence-corrected chi connectivity index (χ3v) is 6.35. The van der Waals surface area contributed by atoms with Crippen LogP contribution in [0.15, 0.2) is 0 Å². The molecule has 2 rings (SSSR count). The van der Waals surface area contributed by atoms with Gasteiger partial charge in [-0.2, -0.15) is 0 Å². The second-order valence-corrected chi connectivity index (χ2v) is 8.70. The zero-order valence-corrected chi connectivity index (χ0v) is 12.7. The number of thiazole rings is 1. The number of hydrogen-bond donors (Lipinski definition) is 2. The summed E-state index contributed by atoms with van der Waals surface area (Å²) in [6, 6.07) is 0. The standard InChI is InChI=1S/C11H17N3O3S2/c1-11(2,19(3,16)17)9(15)14-10-13-7-4-5-12-6-8(7)18-10/h12H,4-6H2,1-3H3,(H,13,14,15). The lowest BCUT2D eigenvalue weighted by Crippen LogP contribution is -2.43. The molecule has 0 radical (unpaired) electrons. The van der Waals surface area contributed by atoms with Gasteiger partial charge in [0.2, 0.25) is 5.91 Å². The number of rotatable bonds is 3. The molecule has 0 fully saturated rings. The van der Waals surface area contributed by atoms with E-state index in [-0.39, 0.29) is 0 Å². The minimum Gasteiger partial charge on any atom is -0.311 e. The van der Waals surface area contributed by atoms with Gasteiger partial charge in [0.25, 0.3) is 0 Å². The average Bonchev–Trinajstić information content (AvgIpc) is 2.69. The van der Waals surface area contributed by atoms with Gasteiger partial charge in [0.05, 0.1) is 5.69 Å². The third-order valence-electron chi connectivity index (χ3n) is 3.30. The highest BCUT2D eigenvalue weighted by atomic mass is 32.2. The first-order chi connectivity index (χ1) is 8.72. The molecule has 1 aromatic rings. The van der Waals surface area contributed by atoms with Crippen LogP contribution in [0.25, 0.3) is 0 Å². The Hall–Kier alpha value is -0.990. The summed E-state index contributed by atoms with van der Waals surface area (Å²) in [5.74, 6) is -0.547. The van der Waals surface area contributed by atoms with Crippen LogP contribution in [0.3, 0.4) is 0 Å². The number of nitrogens with one attached hydrogen (secondary N) is 2.